The topological polar surface area (TPSA) is 89.1 Å². The largest absolute Gasteiger partial charge is 0.494 e. The number of nitrogens with one attached hydrogen (secondary N) is 2. The van der Waals surface area contributed by atoms with Gasteiger partial charge in [0.05, 0.1) is 18.8 Å². The normalized spacial score (nSPS) is 12.9. The van der Waals surface area contributed by atoms with Gasteiger partial charge in [-0.3, -0.25) is 10.2 Å². The Kier molecular flexibility index (Phi) is 14.6. The number of ether oxygens (including phenoxy) is 3. The Bertz CT molecular complexity index is 998. The van der Waals surface area contributed by atoms with Crippen molar-refractivity contribution in [3.63, 3.8) is 0 Å². The maximum absolute atomic E-state index is 12.8. The molecule has 0 unspecified atom stereocenters. The quantitative estimate of drug-likeness (QED) is 0.158. The number of nitrogens with zero attached hydrogens (tertiary/aromatic N) is 1. The number of rotatable bonds is 17. The van der Waals surface area contributed by atoms with Crippen molar-refractivity contribution >= 4 is 19.7 Å². The molecule has 9 heteroatoms. The molecule has 40 heavy (non-hydrogen) atoms. The molecule has 0 aromatic heterocycles. The summed E-state index contributed by atoms with van der Waals surface area (Å²) in [5.74, 6) is 0.688. The van der Waals surface area contributed by atoms with E-state index in [1.807, 2.05) is 75.4 Å². The molecule has 0 aliphatic carbocycles. The molecule has 2 amide bonds. The standard InChI is InChI=1S/C31H48BN3O5/c1-6-8-19-38-26-17-15-25(16-18-26)22-35(34-30(37)40-31(3,4)5)23-28(39-20-9-7-2)27(33-29(32)36)21-24-13-11-10-12-14-24/h10-18,27-28H,6-9,19-23,32H2,1-5H3,(H,33,36)(H,34,37)/t27-,28-/m1/s1. The summed E-state index contributed by atoms with van der Waals surface area (Å²) in [7, 11) is 1.52. The minimum Gasteiger partial charge on any atom is -0.494 e. The average molecular weight is 554 g/mol. The van der Waals surface area contributed by atoms with Gasteiger partial charge in [0.2, 0.25) is 7.85 Å². The van der Waals surface area contributed by atoms with E-state index < -0.39 is 11.7 Å². The molecule has 0 saturated carbocycles. The average Bonchev–Trinajstić information content (AvgIpc) is 2.88. The minimum absolute atomic E-state index is 0.129. The van der Waals surface area contributed by atoms with Crippen LogP contribution < -0.4 is 15.5 Å². The van der Waals surface area contributed by atoms with E-state index in [4.69, 9.17) is 14.2 Å². The number of hydrogen-bond donors (Lipinski definition) is 2. The van der Waals surface area contributed by atoms with E-state index in [1.54, 1.807) is 5.01 Å². The van der Waals surface area contributed by atoms with Crippen LogP contribution in [0.2, 0.25) is 0 Å². The van der Waals surface area contributed by atoms with E-state index in [1.165, 1.54) is 7.85 Å². The highest BCUT2D eigenvalue weighted by molar-refractivity contribution is 6.57. The molecule has 0 aliphatic rings. The molecule has 0 fully saturated rings. The van der Waals surface area contributed by atoms with Crippen LogP contribution in [0, 0.1) is 0 Å². The molecule has 0 saturated heterocycles. The lowest BCUT2D eigenvalue weighted by Crippen LogP contribution is -2.54. The fraction of sp³-hybridized carbons (Fsp3) is 0.548. The predicted octanol–water partition coefficient (Wildman–Crippen LogP) is 5.25. The van der Waals surface area contributed by atoms with Crippen molar-refractivity contribution in [1.29, 1.82) is 0 Å². The van der Waals surface area contributed by atoms with Crippen LogP contribution in [0.3, 0.4) is 0 Å². The van der Waals surface area contributed by atoms with Gasteiger partial charge in [0, 0.05) is 19.7 Å². The maximum Gasteiger partial charge on any atom is 0.422 e. The number of carbonyl (C=O) groups is 2. The third-order valence-electron chi connectivity index (χ3n) is 6.08. The molecule has 2 atom stereocenters. The second-order valence-electron chi connectivity index (χ2n) is 11.1. The first kappa shape index (κ1) is 33.2. The second kappa shape index (κ2) is 17.6. The van der Waals surface area contributed by atoms with Gasteiger partial charge >= 0.3 is 6.09 Å². The fourth-order valence-corrected chi connectivity index (χ4v) is 4.12. The number of benzene rings is 2. The molecule has 0 spiro atoms. The molecule has 0 bridgehead atoms. The Hall–Kier alpha value is -3.04. The van der Waals surface area contributed by atoms with Crippen LogP contribution in [0.1, 0.15) is 71.4 Å². The molecule has 2 N–H and O–H groups in total. The van der Waals surface area contributed by atoms with Gasteiger partial charge in [-0.05, 0) is 63.3 Å². The van der Waals surface area contributed by atoms with Crippen molar-refractivity contribution in [3.8, 4) is 5.75 Å². The van der Waals surface area contributed by atoms with E-state index in [9.17, 15) is 9.59 Å². The number of carbonyl (C=O) groups excluding carboxylic acids is 2. The molecular weight excluding hydrogens is 505 g/mol. The zero-order valence-electron chi connectivity index (χ0n) is 25.2. The molecule has 0 radical (unpaired) electrons. The van der Waals surface area contributed by atoms with Gasteiger partial charge in [0.15, 0.2) is 5.81 Å². The smallest absolute Gasteiger partial charge is 0.422 e. The molecule has 2 rings (SSSR count). The number of amides is 2. The summed E-state index contributed by atoms with van der Waals surface area (Å²) in [5.41, 5.74) is 4.36. The van der Waals surface area contributed by atoms with Crippen molar-refractivity contribution in [2.45, 2.75) is 91.0 Å². The zero-order valence-corrected chi connectivity index (χ0v) is 25.2. The Morgan fingerprint density at radius 3 is 2.17 bits per heavy atom. The molecular formula is C31H48BN3O5. The second-order valence-corrected chi connectivity index (χ2v) is 11.1. The Balaban J connectivity index is 2.29. The summed E-state index contributed by atoms with van der Waals surface area (Å²) in [6, 6.07) is 17.6. The fourth-order valence-electron chi connectivity index (χ4n) is 4.12. The first-order chi connectivity index (χ1) is 19.1. The molecule has 8 nitrogen and oxygen atoms in total. The number of hydrogen-bond acceptors (Lipinski definition) is 6. The van der Waals surface area contributed by atoms with Crippen molar-refractivity contribution in [2.24, 2.45) is 0 Å². The van der Waals surface area contributed by atoms with Crippen LogP contribution in [-0.4, -0.2) is 62.3 Å². The van der Waals surface area contributed by atoms with Gasteiger partial charge in [-0.2, -0.15) is 0 Å². The lowest BCUT2D eigenvalue weighted by molar-refractivity contribution is -0.0170. The van der Waals surface area contributed by atoms with Gasteiger partial charge in [0.25, 0.3) is 0 Å². The van der Waals surface area contributed by atoms with E-state index in [0.29, 0.717) is 32.7 Å². The van der Waals surface area contributed by atoms with Crippen LogP contribution in [0.15, 0.2) is 54.6 Å². The first-order valence-electron chi connectivity index (χ1n) is 14.5. The highest BCUT2D eigenvalue weighted by atomic mass is 16.6. The first-order valence-corrected chi connectivity index (χ1v) is 14.5. The van der Waals surface area contributed by atoms with Crippen LogP contribution in [0.25, 0.3) is 0 Å². The Morgan fingerprint density at radius 2 is 1.57 bits per heavy atom. The summed E-state index contributed by atoms with van der Waals surface area (Å²) in [6.45, 7) is 11.7. The van der Waals surface area contributed by atoms with E-state index in [0.717, 1.165) is 42.6 Å². The molecule has 0 heterocycles. The molecule has 2 aromatic carbocycles. The van der Waals surface area contributed by atoms with Crippen LogP contribution in [0.4, 0.5) is 9.59 Å². The van der Waals surface area contributed by atoms with Gasteiger partial charge in [0.1, 0.15) is 11.4 Å². The Morgan fingerprint density at radius 1 is 0.925 bits per heavy atom. The van der Waals surface area contributed by atoms with E-state index in [2.05, 4.69) is 24.6 Å². The summed E-state index contributed by atoms with van der Waals surface area (Å²) < 4.78 is 17.7. The number of unbranched alkanes of at least 4 members (excludes halogenated alkanes) is 2. The van der Waals surface area contributed by atoms with Crippen molar-refractivity contribution in [1.82, 2.24) is 15.8 Å². The van der Waals surface area contributed by atoms with Crippen molar-refractivity contribution in [3.05, 3.63) is 65.7 Å². The van der Waals surface area contributed by atoms with Crippen LogP contribution in [-0.2, 0) is 22.4 Å². The van der Waals surface area contributed by atoms with Gasteiger partial charge in [-0.25, -0.2) is 9.80 Å². The van der Waals surface area contributed by atoms with E-state index >= 15 is 0 Å². The van der Waals surface area contributed by atoms with Crippen molar-refractivity contribution in [2.75, 3.05) is 19.8 Å². The number of hydrazine groups is 1. The summed E-state index contributed by atoms with van der Waals surface area (Å²) in [5, 5.41) is 4.90. The maximum atomic E-state index is 12.8. The highest BCUT2D eigenvalue weighted by Gasteiger charge is 2.28. The van der Waals surface area contributed by atoms with Crippen LogP contribution in [0.5, 0.6) is 5.75 Å². The van der Waals surface area contributed by atoms with Gasteiger partial charge in [-0.15, -0.1) is 0 Å². The molecule has 0 aliphatic heterocycles. The van der Waals surface area contributed by atoms with Gasteiger partial charge < -0.3 is 19.5 Å². The minimum atomic E-state index is -0.643. The SMILES string of the molecule is BC(=O)N[C@H](Cc1ccccc1)[C@@H](CN(Cc1ccc(OCCCC)cc1)NC(=O)OC(C)(C)C)OCCCC. The molecule has 2 aromatic rings. The third kappa shape index (κ3) is 13.9. The molecule has 220 valence electrons. The van der Waals surface area contributed by atoms with Crippen molar-refractivity contribution < 1.29 is 23.8 Å². The highest BCUT2D eigenvalue weighted by Crippen LogP contribution is 2.17. The monoisotopic (exact) mass is 553 g/mol. The summed E-state index contributed by atoms with van der Waals surface area (Å²) in [4.78, 5) is 25.1. The predicted molar refractivity (Wildman–Crippen MR) is 162 cm³/mol. The van der Waals surface area contributed by atoms with Gasteiger partial charge in [-0.1, -0.05) is 69.2 Å². The summed E-state index contributed by atoms with van der Waals surface area (Å²) in [6.07, 6.45) is 3.64. The summed E-state index contributed by atoms with van der Waals surface area (Å²) >= 11 is 0. The zero-order chi connectivity index (χ0) is 29.4. The lowest BCUT2D eigenvalue weighted by atomic mass is 9.98. The third-order valence-corrected chi connectivity index (χ3v) is 6.08. The Labute approximate surface area is 241 Å². The van der Waals surface area contributed by atoms with Crippen LogP contribution >= 0.6 is 0 Å². The van der Waals surface area contributed by atoms with E-state index in [-0.39, 0.29) is 18.0 Å². The lowest BCUT2D eigenvalue weighted by Gasteiger charge is -2.34.